The fourth-order valence-electron chi connectivity index (χ4n) is 1.16. The van der Waals surface area contributed by atoms with Gasteiger partial charge in [-0.05, 0) is 13.1 Å². The predicted octanol–water partition coefficient (Wildman–Crippen LogP) is 1.15. The molecular formula is C9H22O6Si2. The molecule has 0 radical (unpaired) electrons. The molecule has 6 nitrogen and oxygen atoms in total. The van der Waals surface area contributed by atoms with Crippen LogP contribution in [0.4, 0.5) is 0 Å². The fourth-order valence-corrected chi connectivity index (χ4v) is 6.49. The van der Waals surface area contributed by atoms with Gasteiger partial charge < -0.3 is 22.1 Å². The molecule has 0 rings (SSSR count). The molecule has 0 heterocycles. The maximum absolute atomic E-state index is 10.7. The number of hydrogen-bond acceptors (Lipinski definition) is 6. The molecule has 0 atom stereocenters. The Morgan fingerprint density at radius 2 is 1.59 bits per heavy atom. The minimum atomic E-state index is -2.81. The lowest BCUT2D eigenvalue weighted by molar-refractivity contribution is -0.140. The SMILES string of the molecule is CO[Si](C)(C)O[Si](CCOC(C)=O)(OC)OC. The van der Waals surface area contributed by atoms with Gasteiger partial charge in [0.1, 0.15) is 0 Å². The molecule has 0 spiro atoms. The molecule has 0 aliphatic rings. The van der Waals surface area contributed by atoms with Crippen molar-refractivity contribution in [3.05, 3.63) is 0 Å². The number of carbonyl (C=O) groups excluding carboxylic acids is 1. The van der Waals surface area contributed by atoms with Crippen molar-refractivity contribution in [1.29, 1.82) is 0 Å². The minimum Gasteiger partial charge on any atom is -0.466 e. The molecule has 8 heteroatoms. The van der Waals surface area contributed by atoms with Crippen LogP contribution in [0.5, 0.6) is 0 Å². The van der Waals surface area contributed by atoms with E-state index in [2.05, 4.69) is 0 Å². The summed E-state index contributed by atoms with van der Waals surface area (Å²) in [7, 11) is -0.405. The molecule has 0 saturated heterocycles. The Balaban J connectivity index is 4.50. The molecule has 0 saturated carbocycles. The van der Waals surface area contributed by atoms with Crippen molar-refractivity contribution >= 4 is 23.3 Å². The first-order valence-corrected chi connectivity index (χ1v) is 10.0. The van der Waals surface area contributed by atoms with Crippen LogP contribution in [-0.2, 0) is 26.9 Å². The molecule has 0 aromatic rings. The standard InChI is InChI=1S/C9H22O6Si2/c1-9(10)14-7-8-17(12-3,13-4)15-16(5,6)11-2/h7-8H2,1-6H3. The van der Waals surface area contributed by atoms with Crippen LogP contribution in [0.3, 0.4) is 0 Å². The largest absolute Gasteiger partial charge is 0.495 e. The summed E-state index contributed by atoms with van der Waals surface area (Å²) in [6, 6.07) is 0.416. The van der Waals surface area contributed by atoms with Crippen LogP contribution in [0.15, 0.2) is 0 Å². The van der Waals surface area contributed by atoms with E-state index in [1.807, 2.05) is 13.1 Å². The molecule has 102 valence electrons. The quantitative estimate of drug-likeness (QED) is 0.491. The number of esters is 1. The van der Waals surface area contributed by atoms with Crippen molar-refractivity contribution in [2.24, 2.45) is 0 Å². The van der Waals surface area contributed by atoms with E-state index in [-0.39, 0.29) is 12.6 Å². The van der Waals surface area contributed by atoms with Gasteiger partial charge in [0.05, 0.1) is 12.7 Å². The highest BCUT2D eigenvalue weighted by Crippen LogP contribution is 2.20. The third kappa shape index (κ3) is 6.29. The van der Waals surface area contributed by atoms with E-state index in [9.17, 15) is 4.79 Å². The van der Waals surface area contributed by atoms with Crippen molar-refractivity contribution in [1.82, 2.24) is 0 Å². The first-order chi connectivity index (χ1) is 7.81. The van der Waals surface area contributed by atoms with Crippen LogP contribution < -0.4 is 0 Å². The first-order valence-electron chi connectivity index (χ1n) is 5.30. The van der Waals surface area contributed by atoms with Gasteiger partial charge >= 0.3 is 23.3 Å². The topological polar surface area (TPSA) is 63.2 Å². The summed E-state index contributed by atoms with van der Waals surface area (Å²) in [6.07, 6.45) is 0. The Labute approximate surface area is 105 Å². The number of hydrogen-bond donors (Lipinski definition) is 0. The molecule has 0 fully saturated rings. The van der Waals surface area contributed by atoms with Gasteiger partial charge in [0.2, 0.25) is 0 Å². The van der Waals surface area contributed by atoms with E-state index in [1.165, 1.54) is 21.1 Å². The Kier molecular flexibility index (Phi) is 7.13. The zero-order valence-corrected chi connectivity index (χ0v) is 13.4. The monoisotopic (exact) mass is 282 g/mol. The van der Waals surface area contributed by atoms with E-state index < -0.39 is 17.4 Å². The third-order valence-electron chi connectivity index (χ3n) is 2.23. The highest BCUT2D eigenvalue weighted by Gasteiger charge is 2.45. The van der Waals surface area contributed by atoms with Crippen LogP contribution >= 0.6 is 0 Å². The fraction of sp³-hybridized carbons (Fsp3) is 0.889. The third-order valence-corrected chi connectivity index (χ3v) is 8.48. The van der Waals surface area contributed by atoms with Crippen LogP contribution in [-0.4, -0.2) is 51.3 Å². The van der Waals surface area contributed by atoms with Crippen LogP contribution in [0.1, 0.15) is 6.92 Å². The summed E-state index contributed by atoms with van der Waals surface area (Å²) >= 11 is 0. The molecule has 0 N–H and O–H groups in total. The highest BCUT2D eigenvalue weighted by molar-refractivity contribution is 6.76. The van der Waals surface area contributed by atoms with E-state index in [4.69, 9.17) is 22.1 Å². The molecule has 0 bridgehead atoms. The summed E-state index contributed by atoms with van der Waals surface area (Å²) in [5, 5.41) is 0. The second-order valence-electron chi connectivity index (χ2n) is 3.89. The summed E-state index contributed by atoms with van der Waals surface area (Å²) < 4.78 is 26.8. The van der Waals surface area contributed by atoms with Crippen molar-refractivity contribution in [3.8, 4) is 0 Å². The van der Waals surface area contributed by atoms with E-state index >= 15 is 0 Å². The molecular weight excluding hydrogens is 260 g/mol. The zero-order valence-electron chi connectivity index (χ0n) is 11.4. The van der Waals surface area contributed by atoms with Gasteiger partial charge in [0.15, 0.2) is 0 Å². The molecule has 0 aromatic carbocycles. The van der Waals surface area contributed by atoms with Crippen molar-refractivity contribution in [2.75, 3.05) is 27.9 Å². The lowest BCUT2D eigenvalue weighted by Crippen LogP contribution is -2.53. The van der Waals surface area contributed by atoms with Crippen LogP contribution in [0.2, 0.25) is 19.1 Å². The average Bonchev–Trinajstić information content (AvgIpc) is 2.27. The Hall–Kier alpha value is -0.256. The van der Waals surface area contributed by atoms with Crippen LogP contribution in [0.25, 0.3) is 0 Å². The number of rotatable bonds is 8. The summed E-state index contributed by atoms with van der Waals surface area (Å²) in [5.74, 6) is -0.330. The summed E-state index contributed by atoms with van der Waals surface area (Å²) in [5.41, 5.74) is 0. The lowest BCUT2D eigenvalue weighted by atomic mass is 10.8. The molecule has 0 aliphatic heterocycles. The van der Waals surface area contributed by atoms with Crippen molar-refractivity contribution < 1.29 is 26.9 Å². The lowest BCUT2D eigenvalue weighted by Gasteiger charge is -2.33. The minimum absolute atomic E-state index is 0.220. The first kappa shape index (κ1) is 16.7. The molecule has 17 heavy (non-hydrogen) atoms. The van der Waals surface area contributed by atoms with Crippen LogP contribution in [0, 0.1) is 0 Å². The molecule has 0 amide bonds. The maximum Gasteiger partial charge on any atom is 0.495 e. The Morgan fingerprint density at radius 1 is 1.06 bits per heavy atom. The van der Waals surface area contributed by atoms with Gasteiger partial charge in [-0.2, -0.15) is 0 Å². The van der Waals surface area contributed by atoms with Gasteiger partial charge in [-0.15, -0.1) is 0 Å². The van der Waals surface area contributed by atoms with Gasteiger partial charge in [-0.1, -0.05) is 0 Å². The number of carbonyl (C=O) groups is 1. The van der Waals surface area contributed by atoms with E-state index in [0.717, 1.165) is 0 Å². The molecule has 0 unspecified atom stereocenters. The second kappa shape index (κ2) is 7.24. The van der Waals surface area contributed by atoms with E-state index in [1.54, 1.807) is 7.11 Å². The zero-order chi connectivity index (χ0) is 13.5. The smallest absolute Gasteiger partial charge is 0.466 e. The highest BCUT2D eigenvalue weighted by atomic mass is 28.5. The molecule has 0 aliphatic carbocycles. The van der Waals surface area contributed by atoms with Crippen molar-refractivity contribution in [2.45, 2.75) is 26.1 Å². The summed E-state index contributed by atoms with van der Waals surface area (Å²) in [4.78, 5) is 10.7. The molecule has 0 aromatic heterocycles. The van der Waals surface area contributed by atoms with E-state index in [0.29, 0.717) is 6.04 Å². The summed E-state index contributed by atoms with van der Waals surface area (Å²) in [6.45, 7) is 5.38. The maximum atomic E-state index is 10.7. The van der Waals surface area contributed by atoms with Gasteiger partial charge in [-0.3, -0.25) is 4.79 Å². The van der Waals surface area contributed by atoms with Gasteiger partial charge in [0, 0.05) is 28.3 Å². The Bertz CT molecular complexity index is 242. The number of ether oxygens (including phenoxy) is 1. The van der Waals surface area contributed by atoms with Gasteiger partial charge in [-0.25, -0.2) is 0 Å². The normalized spacial score (nSPS) is 12.6. The second-order valence-corrected chi connectivity index (χ2v) is 10.6. The van der Waals surface area contributed by atoms with Crippen molar-refractivity contribution in [3.63, 3.8) is 0 Å². The van der Waals surface area contributed by atoms with Gasteiger partial charge in [0.25, 0.3) is 0 Å². The Morgan fingerprint density at radius 3 is 1.94 bits per heavy atom. The average molecular weight is 282 g/mol. The predicted molar refractivity (Wildman–Crippen MR) is 66.8 cm³/mol.